The third kappa shape index (κ3) is 2.56. The molecular weight excluding hydrogens is 336 g/mol. The van der Waals surface area contributed by atoms with Crippen molar-refractivity contribution in [3.63, 3.8) is 0 Å². The van der Waals surface area contributed by atoms with Gasteiger partial charge in [0, 0.05) is 5.92 Å². The van der Waals surface area contributed by atoms with E-state index in [2.05, 4.69) is 27.7 Å². The van der Waals surface area contributed by atoms with E-state index in [1.54, 1.807) is 0 Å². The molecule has 0 aromatic heterocycles. The van der Waals surface area contributed by atoms with Crippen molar-refractivity contribution in [3.8, 4) is 0 Å². The van der Waals surface area contributed by atoms with E-state index < -0.39 is 0 Å². The van der Waals surface area contributed by atoms with Gasteiger partial charge in [0.05, 0.1) is 19.3 Å². The maximum atomic E-state index is 10.3. The fourth-order valence-corrected chi connectivity index (χ4v) is 9.21. The van der Waals surface area contributed by atoms with Crippen LogP contribution in [0.1, 0.15) is 79.1 Å². The molecule has 3 heteroatoms. The van der Waals surface area contributed by atoms with Crippen LogP contribution < -0.4 is 0 Å². The zero-order valence-corrected chi connectivity index (χ0v) is 17.9. The smallest absolute Gasteiger partial charge is 0.169 e. The highest BCUT2D eigenvalue weighted by molar-refractivity contribution is 5.12. The summed E-state index contributed by atoms with van der Waals surface area (Å²) in [5.74, 6) is 4.26. The maximum Gasteiger partial charge on any atom is 0.169 e. The SMILES string of the molecule is C[C@@H]1C[C@H]2C[C@@H](O)CC[C@]2(C)[C@H]2CC[C@]3(C)[C@@H](C4(C)OCCO4)CC[C@H]3[C@H]12. The van der Waals surface area contributed by atoms with Gasteiger partial charge in [0.15, 0.2) is 5.79 Å². The van der Waals surface area contributed by atoms with E-state index in [-0.39, 0.29) is 11.9 Å². The van der Waals surface area contributed by atoms with Crippen LogP contribution in [0.3, 0.4) is 0 Å². The minimum absolute atomic E-state index is 0.0480. The van der Waals surface area contributed by atoms with Crippen LogP contribution in [0.4, 0.5) is 0 Å². The van der Waals surface area contributed by atoms with E-state index in [1.807, 2.05) is 0 Å². The van der Waals surface area contributed by atoms with Crippen LogP contribution in [0, 0.1) is 46.3 Å². The van der Waals surface area contributed by atoms with Gasteiger partial charge in [-0.3, -0.25) is 0 Å². The molecule has 154 valence electrons. The van der Waals surface area contributed by atoms with Crippen LogP contribution >= 0.6 is 0 Å². The molecular formula is C24H40O3. The Hall–Kier alpha value is -0.120. The number of aliphatic hydroxyl groups excluding tert-OH is 1. The first kappa shape index (κ1) is 18.9. The molecule has 1 N–H and O–H groups in total. The molecule has 27 heavy (non-hydrogen) atoms. The molecule has 1 saturated heterocycles. The summed E-state index contributed by atoms with van der Waals surface area (Å²) in [6.07, 6.45) is 9.93. The van der Waals surface area contributed by atoms with Gasteiger partial charge in [-0.05, 0) is 98.7 Å². The van der Waals surface area contributed by atoms with Crippen molar-refractivity contribution in [1.82, 2.24) is 0 Å². The lowest BCUT2D eigenvalue weighted by atomic mass is 9.42. The van der Waals surface area contributed by atoms with Gasteiger partial charge in [0.25, 0.3) is 0 Å². The third-order valence-electron chi connectivity index (χ3n) is 10.5. The summed E-state index contributed by atoms with van der Waals surface area (Å²) in [5, 5.41) is 10.3. The fraction of sp³-hybridized carbons (Fsp3) is 1.00. The highest BCUT2D eigenvalue weighted by Gasteiger charge is 2.64. The second-order valence-electron chi connectivity index (χ2n) is 11.5. The van der Waals surface area contributed by atoms with E-state index in [0.717, 1.165) is 55.6 Å². The maximum absolute atomic E-state index is 10.3. The molecule has 1 heterocycles. The van der Waals surface area contributed by atoms with E-state index >= 15 is 0 Å². The number of fused-ring (bicyclic) bond motifs is 5. The predicted octanol–water partition coefficient (Wildman–Crippen LogP) is 5.02. The lowest BCUT2D eigenvalue weighted by Gasteiger charge is -2.63. The quantitative estimate of drug-likeness (QED) is 0.699. The van der Waals surface area contributed by atoms with Gasteiger partial charge in [-0.15, -0.1) is 0 Å². The topological polar surface area (TPSA) is 38.7 Å². The van der Waals surface area contributed by atoms with Crippen molar-refractivity contribution in [1.29, 1.82) is 0 Å². The van der Waals surface area contributed by atoms with Gasteiger partial charge in [0.1, 0.15) is 0 Å². The first-order valence-corrected chi connectivity index (χ1v) is 11.7. The average molecular weight is 377 g/mol. The van der Waals surface area contributed by atoms with Crippen LogP contribution in [0.5, 0.6) is 0 Å². The Kier molecular flexibility index (Phi) is 4.33. The number of rotatable bonds is 1. The van der Waals surface area contributed by atoms with Gasteiger partial charge in [-0.25, -0.2) is 0 Å². The molecule has 3 nitrogen and oxygen atoms in total. The largest absolute Gasteiger partial charge is 0.393 e. The molecule has 4 aliphatic carbocycles. The Morgan fingerprint density at radius 1 is 0.815 bits per heavy atom. The highest BCUT2D eigenvalue weighted by atomic mass is 16.7. The Morgan fingerprint density at radius 2 is 1.48 bits per heavy atom. The first-order chi connectivity index (χ1) is 12.8. The summed E-state index contributed by atoms with van der Waals surface area (Å²) in [7, 11) is 0. The van der Waals surface area contributed by atoms with Gasteiger partial charge >= 0.3 is 0 Å². The van der Waals surface area contributed by atoms with E-state index in [9.17, 15) is 5.11 Å². The van der Waals surface area contributed by atoms with Crippen LogP contribution in [-0.2, 0) is 9.47 Å². The van der Waals surface area contributed by atoms with Crippen molar-refractivity contribution in [2.45, 2.75) is 91.0 Å². The number of hydrogen-bond acceptors (Lipinski definition) is 3. The van der Waals surface area contributed by atoms with Crippen molar-refractivity contribution in [2.75, 3.05) is 13.2 Å². The number of aliphatic hydroxyl groups is 1. The summed E-state index contributed by atoms with van der Waals surface area (Å²) in [5.41, 5.74) is 0.825. The minimum Gasteiger partial charge on any atom is -0.393 e. The van der Waals surface area contributed by atoms with Gasteiger partial charge in [-0.2, -0.15) is 0 Å². The van der Waals surface area contributed by atoms with Gasteiger partial charge in [0.2, 0.25) is 0 Å². The Bertz CT molecular complexity index is 584. The van der Waals surface area contributed by atoms with Gasteiger partial charge in [-0.1, -0.05) is 20.8 Å². The Labute approximate surface area is 165 Å². The van der Waals surface area contributed by atoms with E-state index in [1.165, 1.54) is 38.5 Å². The molecule has 5 rings (SSSR count). The molecule has 9 atom stereocenters. The number of ether oxygens (including phenoxy) is 2. The van der Waals surface area contributed by atoms with E-state index in [0.29, 0.717) is 16.7 Å². The molecule has 0 aromatic rings. The standard InChI is InChI=1S/C24H40O3/c1-15-13-16-14-17(25)7-9-22(16,2)19-8-10-23(3)18(21(15)19)5-6-20(23)24(4)26-11-12-27-24/h15-21,25H,5-14H2,1-4H3/t15-,16+,17+,18+,19+,20+,21+,22+,23+/m1/s1. The normalized spacial score (nSPS) is 57.0. The van der Waals surface area contributed by atoms with Crippen molar-refractivity contribution in [3.05, 3.63) is 0 Å². The van der Waals surface area contributed by atoms with Crippen LogP contribution in [0.25, 0.3) is 0 Å². The summed E-state index contributed by atoms with van der Waals surface area (Å²) in [6.45, 7) is 11.4. The van der Waals surface area contributed by atoms with E-state index in [4.69, 9.17) is 9.47 Å². The van der Waals surface area contributed by atoms with Crippen LogP contribution in [-0.4, -0.2) is 30.2 Å². The molecule has 0 spiro atoms. The summed E-state index contributed by atoms with van der Waals surface area (Å²) >= 11 is 0. The zero-order chi connectivity index (χ0) is 19.0. The summed E-state index contributed by atoms with van der Waals surface area (Å²) < 4.78 is 12.3. The average Bonchev–Trinajstić information content (AvgIpc) is 3.20. The van der Waals surface area contributed by atoms with Crippen LogP contribution in [0.15, 0.2) is 0 Å². The molecule has 0 bridgehead atoms. The lowest BCUT2D eigenvalue weighted by Crippen LogP contribution is -2.57. The summed E-state index contributed by atoms with van der Waals surface area (Å²) in [6, 6.07) is 0. The fourth-order valence-electron chi connectivity index (χ4n) is 9.21. The molecule has 5 fully saturated rings. The Balaban J connectivity index is 1.45. The van der Waals surface area contributed by atoms with Gasteiger partial charge < -0.3 is 14.6 Å². The molecule has 0 radical (unpaired) electrons. The molecule has 0 aromatic carbocycles. The lowest BCUT2D eigenvalue weighted by molar-refractivity contribution is -0.222. The molecule has 4 saturated carbocycles. The van der Waals surface area contributed by atoms with Crippen molar-refractivity contribution >= 4 is 0 Å². The second-order valence-corrected chi connectivity index (χ2v) is 11.5. The van der Waals surface area contributed by atoms with Crippen molar-refractivity contribution < 1.29 is 14.6 Å². The molecule has 0 amide bonds. The molecule has 1 aliphatic heterocycles. The minimum atomic E-state index is -0.352. The second kappa shape index (κ2) is 6.19. The van der Waals surface area contributed by atoms with Crippen molar-refractivity contribution in [2.24, 2.45) is 46.3 Å². The summed E-state index contributed by atoms with van der Waals surface area (Å²) in [4.78, 5) is 0. The molecule has 0 unspecified atom stereocenters. The monoisotopic (exact) mass is 376 g/mol. The van der Waals surface area contributed by atoms with Crippen LogP contribution in [0.2, 0.25) is 0 Å². The Morgan fingerprint density at radius 3 is 2.22 bits per heavy atom. The zero-order valence-electron chi connectivity index (χ0n) is 17.9. The highest BCUT2D eigenvalue weighted by Crippen LogP contribution is 2.70. The third-order valence-corrected chi connectivity index (χ3v) is 10.5. The first-order valence-electron chi connectivity index (χ1n) is 11.7. The number of hydrogen-bond donors (Lipinski definition) is 1. The predicted molar refractivity (Wildman–Crippen MR) is 106 cm³/mol. The molecule has 5 aliphatic rings.